The number of carbonyl (C=O) groups excluding carboxylic acids is 3. The predicted molar refractivity (Wildman–Crippen MR) is 192 cm³/mol. The number of rotatable bonds is 12. The lowest BCUT2D eigenvalue weighted by atomic mass is 9.76. The van der Waals surface area contributed by atoms with Gasteiger partial charge in [0.05, 0.1) is 12.0 Å². The average Bonchev–Trinajstić information content (AvgIpc) is 3.08. The van der Waals surface area contributed by atoms with Crippen molar-refractivity contribution in [3.05, 3.63) is 139 Å². The summed E-state index contributed by atoms with van der Waals surface area (Å²) in [6.45, 7) is 4.56. The minimum absolute atomic E-state index is 0.00593. The zero-order chi connectivity index (χ0) is 32.8. The molecule has 0 radical (unpaired) electrons. The fraction of sp³-hybridized carbons (Fsp3) is 0.184. The summed E-state index contributed by atoms with van der Waals surface area (Å²) in [5, 5.41) is 2.65. The van der Waals surface area contributed by atoms with Crippen molar-refractivity contribution in [2.45, 2.75) is 26.3 Å². The fourth-order valence-electron chi connectivity index (χ4n) is 6.29. The van der Waals surface area contributed by atoms with Gasteiger partial charge in [0, 0.05) is 24.4 Å². The number of likely N-dealkylation sites (tertiary alicyclic amines) is 1. The summed E-state index contributed by atoms with van der Waals surface area (Å²) in [5.74, 6) is -1.55. The minimum atomic E-state index is -3.08. The molecule has 46 heavy (non-hydrogen) atoms. The normalized spacial score (nSPS) is 16.0. The molecule has 6 nitrogen and oxygen atoms in total. The van der Waals surface area contributed by atoms with Crippen molar-refractivity contribution >= 4 is 63.1 Å². The summed E-state index contributed by atoms with van der Waals surface area (Å²) >= 11 is 5.15. The molecule has 0 aliphatic carbocycles. The molecule has 1 aliphatic heterocycles. The molecule has 0 aromatic heterocycles. The second kappa shape index (κ2) is 14.2. The van der Waals surface area contributed by atoms with Gasteiger partial charge in [-0.15, -0.1) is 0 Å². The molecule has 4 aromatic carbocycles. The maximum Gasteiger partial charge on any atom is 0.356 e. The number of carbonyl (C=O) groups is 3. The van der Waals surface area contributed by atoms with Crippen LogP contribution in [0.15, 0.2) is 128 Å². The smallest absolute Gasteiger partial charge is 0.356 e. The first-order valence-electron chi connectivity index (χ1n) is 15.2. The summed E-state index contributed by atoms with van der Waals surface area (Å²) in [5.41, 5.74) is 7.14. The van der Waals surface area contributed by atoms with Crippen LogP contribution in [0.3, 0.4) is 0 Å². The van der Waals surface area contributed by atoms with Crippen molar-refractivity contribution < 1.29 is 19.1 Å². The molecule has 1 aliphatic rings. The molecule has 1 fully saturated rings. The van der Waals surface area contributed by atoms with Gasteiger partial charge in [0.25, 0.3) is 0 Å². The first-order valence-corrected chi connectivity index (χ1v) is 17.4. The first kappa shape index (κ1) is 32.8. The largest absolute Gasteiger partial charge is 0.457 e. The van der Waals surface area contributed by atoms with Crippen LogP contribution in [-0.2, 0) is 14.3 Å². The highest BCUT2D eigenvalue weighted by molar-refractivity contribution is 7.96. The highest BCUT2D eigenvalue weighted by atomic mass is 32.1. The number of ether oxygens (including phenoxy) is 1. The zero-order valence-electron chi connectivity index (χ0n) is 25.9. The van der Waals surface area contributed by atoms with Crippen LogP contribution in [0.4, 0.5) is 0 Å². The number of nitrogens with zero attached hydrogens (tertiary/aromatic N) is 1. The molecule has 0 bridgehead atoms. The molecule has 4 aromatic rings. The van der Waals surface area contributed by atoms with Crippen molar-refractivity contribution in [2.24, 2.45) is 17.6 Å². The Morgan fingerprint density at radius 3 is 1.83 bits per heavy atom. The summed E-state index contributed by atoms with van der Waals surface area (Å²) in [7, 11) is 0. The molecule has 0 unspecified atom stereocenters. The molecule has 1 amide bonds. The lowest BCUT2D eigenvalue weighted by molar-refractivity contribution is -0.153. The van der Waals surface area contributed by atoms with Crippen molar-refractivity contribution in [1.82, 2.24) is 4.90 Å². The van der Waals surface area contributed by atoms with E-state index in [1.807, 2.05) is 105 Å². The third-order valence-corrected chi connectivity index (χ3v) is 12.8. The predicted octanol–water partition coefficient (Wildman–Crippen LogP) is 5.23. The van der Waals surface area contributed by atoms with E-state index in [0.29, 0.717) is 11.1 Å². The number of β-lactam (4-membered cyclic amide) rings is 1. The monoisotopic (exact) mass is 648 g/mol. The van der Waals surface area contributed by atoms with Gasteiger partial charge in [-0.1, -0.05) is 148 Å². The Balaban J connectivity index is 1.83. The Morgan fingerprint density at radius 2 is 1.37 bits per heavy atom. The molecule has 1 saturated heterocycles. The van der Waals surface area contributed by atoms with Crippen molar-refractivity contribution in [2.75, 3.05) is 6.61 Å². The minimum Gasteiger partial charge on any atom is -0.457 e. The van der Waals surface area contributed by atoms with Crippen LogP contribution in [0.1, 0.15) is 36.2 Å². The maximum atomic E-state index is 14.6. The van der Waals surface area contributed by atoms with Gasteiger partial charge in [-0.25, -0.2) is 4.79 Å². The Hall–Kier alpha value is -4.58. The quantitative estimate of drug-likeness (QED) is 0.0566. The Morgan fingerprint density at radius 1 is 0.870 bits per heavy atom. The topological polar surface area (TPSA) is 89.7 Å². The maximum absolute atomic E-state index is 14.6. The highest BCUT2D eigenvalue weighted by Gasteiger charge is 2.55. The molecule has 0 spiro atoms. The van der Waals surface area contributed by atoms with Crippen LogP contribution in [-0.4, -0.2) is 45.6 Å². The molecule has 0 saturated carbocycles. The fourth-order valence-corrected chi connectivity index (χ4v) is 10.8. The van der Waals surface area contributed by atoms with Gasteiger partial charge in [-0.2, -0.15) is 0 Å². The molecular formula is C38H37N2O4PS. The second-order valence-electron chi connectivity index (χ2n) is 11.5. The summed E-state index contributed by atoms with van der Waals surface area (Å²) < 4.78 is 5.83. The molecule has 5 rings (SSSR count). The molecule has 2 atom stereocenters. The highest BCUT2D eigenvalue weighted by Crippen LogP contribution is 2.50. The van der Waals surface area contributed by atoms with E-state index in [-0.39, 0.29) is 41.0 Å². The second-order valence-corrected chi connectivity index (χ2v) is 15.3. The van der Waals surface area contributed by atoms with Gasteiger partial charge < -0.3 is 15.4 Å². The van der Waals surface area contributed by atoms with Crippen LogP contribution >= 0.6 is 19.1 Å². The lowest BCUT2D eigenvalue weighted by Crippen LogP contribution is -2.67. The third-order valence-electron chi connectivity index (χ3n) is 8.34. The van der Waals surface area contributed by atoms with Crippen LogP contribution in [0, 0.1) is 11.8 Å². The van der Waals surface area contributed by atoms with Crippen molar-refractivity contribution in [1.29, 1.82) is 0 Å². The molecular weight excluding hydrogens is 611 g/mol. The van der Waals surface area contributed by atoms with E-state index >= 15 is 0 Å². The van der Waals surface area contributed by atoms with E-state index in [1.165, 1.54) is 6.08 Å². The Bertz CT molecular complexity index is 1720. The van der Waals surface area contributed by atoms with E-state index in [4.69, 9.17) is 22.7 Å². The SMILES string of the molecule is C=CCOC(=O)C(N1C(=O)[C@H](C(C)C)[C@H]1CC(=O)c1cccc(C(N)=S)c1)=P(c1ccccc1)(c1ccccc1)c1ccccc1. The van der Waals surface area contributed by atoms with E-state index in [9.17, 15) is 14.4 Å². The molecule has 8 heteroatoms. The number of thiocarbonyl (C=S) groups is 1. The molecule has 234 valence electrons. The average molecular weight is 649 g/mol. The van der Waals surface area contributed by atoms with Gasteiger partial charge in [-0.3, -0.25) is 9.59 Å². The number of Topliss-reactive ketones (excluding diaryl/α,β-unsaturated/α-hetero) is 1. The number of esters is 1. The standard InChI is InChI=1S/C38H37N2O4PS/c1-4-23-44-38(43)37(40-32(34(26(2)3)36(40)42)25-33(41)27-15-14-16-28(24-27)35(39)46)45(29-17-8-5-9-18-29,30-19-10-6-11-20-30)31-21-12-7-13-22-31/h4-22,24,26,32,34H,1,23,25H2,2-3H3,(H2,39,46)/t32-,34-/m1/s1. The van der Waals surface area contributed by atoms with Gasteiger partial charge >= 0.3 is 5.97 Å². The Kier molecular flexibility index (Phi) is 10.2. The summed E-state index contributed by atoms with van der Waals surface area (Å²) in [6.07, 6.45) is 1.51. The van der Waals surface area contributed by atoms with Crippen molar-refractivity contribution in [3.63, 3.8) is 0 Å². The molecule has 2 N–H and O–H groups in total. The van der Waals surface area contributed by atoms with Gasteiger partial charge in [0.15, 0.2) is 5.78 Å². The Labute approximate surface area is 275 Å². The van der Waals surface area contributed by atoms with Crippen molar-refractivity contribution in [3.8, 4) is 0 Å². The van der Waals surface area contributed by atoms with Gasteiger partial charge in [-0.05, 0) is 27.9 Å². The van der Waals surface area contributed by atoms with Crippen LogP contribution in [0.5, 0.6) is 0 Å². The van der Waals surface area contributed by atoms with E-state index in [1.54, 1.807) is 29.2 Å². The van der Waals surface area contributed by atoms with Gasteiger partial charge in [0.1, 0.15) is 17.0 Å². The van der Waals surface area contributed by atoms with Crippen LogP contribution in [0.2, 0.25) is 0 Å². The number of hydrogen-bond acceptors (Lipinski definition) is 5. The zero-order valence-corrected chi connectivity index (χ0v) is 27.6. The first-order chi connectivity index (χ1) is 22.2. The van der Waals surface area contributed by atoms with E-state index in [0.717, 1.165) is 15.9 Å². The van der Waals surface area contributed by atoms with Crippen LogP contribution < -0.4 is 21.6 Å². The van der Waals surface area contributed by atoms with Gasteiger partial charge in [0.2, 0.25) is 5.91 Å². The lowest BCUT2D eigenvalue weighted by Gasteiger charge is -2.51. The number of benzene rings is 4. The number of ketones is 1. The summed E-state index contributed by atoms with van der Waals surface area (Å²) in [6, 6.07) is 35.7. The van der Waals surface area contributed by atoms with Crippen LogP contribution in [0.25, 0.3) is 0 Å². The number of hydrogen-bond donors (Lipinski definition) is 1. The molecule has 1 heterocycles. The number of nitrogens with two attached hydrogens (primary N) is 1. The summed E-state index contributed by atoms with van der Waals surface area (Å²) in [4.78, 5) is 44.6. The van der Waals surface area contributed by atoms with E-state index < -0.39 is 24.8 Å². The van der Waals surface area contributed by atoms with E-state index in [2.05, 4.69) is 6.58 Å². The third kappa shape index (κ3) is 6.13. The number of amides is 1.